The van der Waals surface area contributed by atoms with E-state index >= 15 is 0 Å². The molecule has 1 amide bonds. The third kappa shape index (κ3) is 2.34. The number of amides is 1. The maximum absolute atomic E-state index is 10.7. The van der Waals surface area contributed by atoms with E-state index in [-0.39, 0.29) is 12.8 Å². The van der Waals surface area contributed by atoms with Crippen LogP contribution in [0.4, 0.5) is 0 Å². The Labute approximate surface area is 106 Å². The third-order valence-electron chi connectivity index (χ3n) is 3.11. The fourth-order valence-electron chi connectivity index (χ4n) is 1.89. The second kappa shape index (κ2) is 5.16. The van der Waals surface area contributed by atoms with E-state index in [4.69, 9.17) is 14.2 Å². The fraction of sp³-hybridized carbons (Fsp3) is 0.462. The molecule has 1 unspecified atom stereocenters. The molecule has 0 bridgehead atoms. The second-order valence-electron chi connectivity index (χ2n) is 4.36. The maximum atomic E-state index is 10.7. The number of hydrogen-bond donors (Lipinski definition) is 0. The van der Waals surface area contributed by atoms with Crippen LogP contribution in [0.5, 0.6) is 17.2 Å². The van der Waals surface area contributed by atoms with Gasteiger partial charge in [-0.3, -0.25) is 4.79 Å². The summed E-state index contributed by atoms with van der Waals surface area (Å²) in [4.78, 5) is 12.3. The van der Waals surface area contributed by atoms with Crippen molar-refractivity contribution in [1.29, 1.82) is 0 Å². The van der Waals surface area contributed by atoms with Crippen molar-refractivity contribution < 1.29 is 19.0 Å². The molecule has 1 aliphatic rings. The molecule has 5 nitrogen and oxygen atoms in total. The molecule has 0 aromatic heterocycles. The van der Waals surface area contributed by atoms with E-state index in [0.29, 0.717) is 17.2 Å². The first-order valence-electron chi connectivity index (χ1n) is 5.79. The summed E-state index contributed by atoms with van der Waals surface area (Å²) in [6, 6.07) is 3.97. The highest BCUT2D eigenvalue weighted by molar-refractivity contribution is 5.55. The number of carbonyl (C=O) groups is 1. The minimum atomic E-state index is 0.118. The van der Waals surface area contributed by atoms with Crippen molar-refractivity contribution in [2.24, 2.45) is 0 Å². The molecule has 1 atom stereocenters. The first-order chi connectivity index (χ1) is 8.65. The van der Waals surface area contributed by atoms with Crippen molar-refractivity contribution in [3.05, 3.63) is 17.7 Å². The smallest absolute Gasteiger partial charge is 0.231 e. The Morgan fingerprint density at radius 3 is 2.94 bits per heavy atom. The summed E-state index contributed by atoms with van der Waals surface area (Å²) in [5.74, 6) is 2.02. The van der Waals surface area contributed by atoms with E-state index < -0.39 is 0 Å². The molecule has 5 heteroatoms. The number of benzene rings is 1. The number of ether oxygens (including phenoxy) is 3. The van der Waals surface area contributed by atoms with Gasteiger partial charge in [0, 0.05) is 13.1 Å². The largest absolute Gasteiger partial charge is 0.493 e. The van der Waals surface area contributed by atoms with Gasteiger partial charge in [0.1, 0.15) is 0 Å². The van der Waals surface area contributed by atoms with Crippen LogP contribution < -0.4 is 14.2 Å². The van der Waals surface area contributed by atoms with Crippen LogP contribution in [0.15, 0.2) is 12.1 Å². The van der Waals surface area contributed by atoms with Crippen LogP contribution in [0.2, 0.25) is 0 Å². The minimum absolute atomic E-state index is 0.118. The van der Waals surface area contributed by atoms with Gasteiger partial charge >= 0.3 is 0 Å². The van der Waals surface area contributed by atoms with Crippen LogP contribution in [0.3, 0.4) is 0 Å². The van der Waals surface area contributed by atoms with E-state index in [1.807, 2.05) is 19.1 Å². The summed E-state index contributed by atoms with van der Waals surface area (Å²) in [7, 11) is 3.37. The number of likely N-dealkylation sites (N-methyl/N-ethyl adjacent to an activating group) is 1. The van der Waals surface area contributed by atoms with Crippen LogP contribution in [0.25, 0.3) is 0 Å². The molecule has 0 spiro atoms. The van der Waals surface area contributed by atoms with Gasteiger partial charge in [-0.25, -0.2) is 0 Å². The first-order valence-corrected chi connectivity index (χ1v) is 5.79. The average molecular weight is 251 g/mol. The number of methoxy groups -OCH3 is 1. The highest BCUT2D eigenvalue weighted by Crippen LogP contribution is 2.42. The maximum Gasteiger partial charge on any atom is 0.231 e. The molecule has 1 heterocycles. The lowest BCUT2D eigenvalue weighted by Crippen LogP contribution is -2.29. The Hall–Kier alpha value is -1.91. The predicted octanol–water partition coefficient (Wildman–Crippen LogP) is 1.44. The molecule has 1 aromatic rings. The average Bonchev–Trinajstić information content (AvgIpc) is 2.84. The van der Waals surface area contributed by atoms with Crippen LogP contribution in [0.1, 0.15) is 12.5 Å². The molecule has 18 heavy (non-hydrogen) atoms. The molecule has 0 saturated heterocycles. The van der Waals surface area contributed by atoms with Gasteiger partial charge in [0.25, 0.3) is 0 Å². The molecule has 1 aliphatic heterocycles. The lowest BCUT2D eigenvalue weighted by molar-refractivity contribution is -0.118. The zero-order valence-corrected chi connectivity index (χ0v) is 10.8. The Morgan fingerprint density at radius 1 is 1.50 bits per heavy atom. The SMILES string of the molecule is COc1cc(CC(C)N(C)C=O)cc2c1OCO2. The van der Waals surface area contributed by atoms with Gasteiger partial charge in [-0.1, -0.05) is 0 Å². The molecule has 0 saturated carbocycles. The van der Waals surface area contributed by atoms with Crippen molar-refractivity contribution in [2.45, 2.75) is 19.4 Å². The summed E-state index contributed by atoms with van der Waals surface area (Å²) in [6.45, 7) is 2.21. The molecule has 1 aromatic carbocycles. The summed E-state index contributed by atoms with van der Waals surface area (Å²) < 4.78 is 16.0. The molecule has 0 fully saturated rings. The third-order valence-corrected chi connectivity index (χ3v) is 3.11. The van der Waals surface area contributed by atoms with Crippen LogP contribution in [0, 0.1) is 0 Å². The standard InChI is InChI=1S/C13H17NO4/c1-9(14(2)7-15)4-10-5-11(16-3)13-12(6-10)17-8-18-13/h5-7,9H,4,8H2,1-3H3. The summed E-state index contributed by atoms with van der Waals surface area (Å²) >= 11 is 0. The molecule has 98 valence electrons. The van der Waals surface area contributed by atoms with Gasteiger partial charge in [0.05, 0.1) is 7.11 Å². The number of rotatable bonds is 5. The second-order valence-corrected chi connectivity index (χ2v) is 4.36. The highest BCUT2D eigenvalue weighted by Gasteiger charge is 2.21. The van der Waals surface area contributed by atoms with Gasteiger partial charge in [0.15, 0.2) is 11.5 Å². The van der Waals surface area contributed by atoms with Crippen LogP contribution >= 0.6 is 0 Å². The van der Waals surface area contributed by atoms with E-state index in [1.54, 1.807) is 19.1 Å². The summed E-state index contributed by atoms with van der Waals surface area (Å²) in [5, 5.41) is 0. The van der Waals surface area contributed by atoms with Gasteiger partial charge in [-0.15, -0.1) is 0 Å². The Morgan fingerprint density at radius 2 is 2.28 bits per heavy atom. The van der Waals surface area contributed by atoms with Gasteiger partial charge in [-0.2, -0.15) is 0 Å². The topological polar surface area (TPSA) is 48.0 Å². The van der Waals surface area contributed by atoms with Gasteiger partial charge in [0.2, 0.25) is 19.0 Å². The number of nitrogens with zero attached hydrogens (tertiary/aromatic N) is 1. The quantitative estimate of drug-likeness (QED) is 0.743. The van der Waals surface area contributed by atoms with E-state index in [0.717, 1.165) is 18.4 Å². The Bertz CT molecular complexity index is 447. The minimum Gasteiger partial charge on any atom is -0.493 e. The van der Waals surface area contributed by atoms with Crippen molar-refractivity contribution in [3.8, 4) is 17.2 Å². The summed E-state index contributed by atoms with van der Waals surface area (Å²) in [6.07, 6.45) is 1.57. The van der Waals surface area contributed by atoms with Crippen LogP contribution in [-0.4, -0.2) is 38.3 Å². The lowest BCUT2D eigenvalue weighted by Gasteiger charge is -2.20. The van der Waals surface area contributed by atoms with E-state index in [1.165, 1.54) is 0 Å². The van der Waals surface area contributed by atoms with Gasteiger partial charge < -0.3 is 19.1 Å². The van der Waals surface area contributed by atoms with Crippen molar-refractivity contribution >= 4 is 6.41 Å². The van der Waals surface area contributed by atoms with E-state index in [2.05, 4.69) is 0 Å². The molecule has 0 N–H and O–H groups in total. The monoisotopic (exact) mass is 251 g/mol. The summed E-state index contributed by atoms with van der Waals surface area (Å²) in [5.41, 5.74) is 1.05. The Kier molecular flexibility index (Phi) is 3.60. The molecule has 0 aliphatic carbocycles. The fourth-order valence-corrected chi connectivity index (χ4v) is 1.89. The normalized spacial score (nSPS) is 14.2. The zero-order valence-electron chi connectivity index (χ0n) is 10.8. The van der Waals surface area contributed by atoms with E-state index in [9.17, 15) is 4.79 Å². The molecule has 2 rings (SSSR count). The lowest BCUT2D eigenvalue weighted by atomic mass is 10.1. The molecule has 0 radical (unpaired) electrons. The number of fused-ring (bicyclic) bond motifs is 1. The first kappa shape index (κ1) is 12.5. The molecular formula is C13H17NO4. The highest BCUT2D eigenvalue weighted by atomic mass is 16.7. The van der Waals surface area contributed by atoms with Gasteiger partial charge in [-0.05, 0) is 31.0 Å². The molecular weight excluding hydrogens is 234 g/mol. The number of carbonyl (C=O) groups excluding carboxylic acids is 1. The number of hydrogen-bond acceptors (Lipinski definition) is 4. The van der Waals surface area contributed by atoms with Crippen molar-refractivity contribution in [2.75, 3.05) is 21.0 Å². The Balaban J connectivity index is 2.21. The van der Waals surface area contributed by atoms with Crippen molar-refractivity contribution in [3.63, 3.8) is 0 Å². The van der Waals surface area contributed by atoms with Crippen LogP contribution in [-0.2, 0) is 11.2 Å². The zero-order chi connectivity index (χ0) is 13.1. The van der Waals surface area contributed by atoms with Crippen molar-refractivity contribution in [1.82, 2.24) is 4.90 Å². The predicted molar refractivity (Wildman–Crippen MR) is 66.1 cm³/mol.